The van der Waals surface area contributed by atoms with Crippen LogP contribution in [0.4, 0.5) is 18.9 Å². The van der Waals surface area contributed by atoms with E-state index in [0.717, 1.165) is 5.01 Å². The van der Waals surface area contributed by atoms with Gasteiger partial charge in [-0.2, -0.15) is 23.3 Å². The number of hydrazone groups is 1. The van der Waals surface area contributed by atoms with E-state index in [-0.39, 0.29) is 5.69 Å². The number of anilines is 1. The largest absolute Gasteiger partial charge is 0.497 e. The van der Waals surface area contributed by atoms with Gasteiger partial charge in [-0.3, -0.25) is 4.79 Å². The van der Waals surface area contributed by atoms with Crippen LogP contribution in [0.25, 0.3) is 6.08 Å². The van der Waals surface area contributed by atoms with Crippen molar-refractivity contribution >= 4 is 23.4 Å². The molecule has 2 aromatic carbocycles. The minimum Gasteiger partial charge on any atom is -0.497 e. The molecule has 1 heterocycles. The van der Waals surface area contributed by atoms with Crippen molar-refractivity contribution in [1.82, 2.24) is 0 Å². The highest BCUT2D eigenvalue weighted by Gasteiger charge is 2.46. The van der Waals surface area contributed by atoms with Crippen LogP contribution in [0.15, 0.2) is 65.3 Å². The zero-order chi connectivity index (χ0) is 18.0. The molecule has 1 amide bonds. The van der Waals surface area contributed by atoms with Crippen molar-refractivity contribution in [3.8, 4) is 5.75 Å². The Hall–Kier alpha value is -3.09. The Labute approximate surface area is 141 Å². The molecule has 0 bridgehead atoms. The van der Waals surface area contributed by atoms with Crippen LogP contribution in [0.1, 0.15) is 5.56 Å². The highest BCUT2D eigenvalue weighted by Crippen LogP contribution is 2.32. The number of hydrogen-bond donors (Lipinski definition) is 0. The molecule has 0 aromatic heterocycles. The number of hydrogen-bond acceptors (Lipinski definition) is 3. The van der Waals surface area contributed by atoms with E-state index in [1.807, 2.05) is 0 Å². The molecule has 0 radical (unpaired) electrons. The Bertz CT molecular complexity index is 858. The van der Waals surface area contributed by atoms with Crippen LogP contribution in [-0.2, 0) is 4.79 Å². The Morgan fingerprint density at radius 2 is 1.80 bits per heavy atom. The zero-order valence-electron chi connectivity index (χ0n) is 13.1. The van der Waals surface area contributed by atoms with Crippen LogP contribution < -0.4 is 9.75 Å². The quantitative estimate of drug-likeness (QED) is 0.787. The zero-order valence-corrected chi connectivity index (χ0v) is 13.1. The van der Waals surface area contributed by atoms with Crippen molar-refractivity contribution in [1.29, 1.82) is 0 Å². The third-order valence-corrected chi connectivity index (χ3v) is 3.55. The number of ether oxygens (including phenoxy) is 1. The number of methoxy groups -OCH3 is 1. The molecule has 0 unspecified atom stereocenters. The molecule has 0 atom stereocenters. The van der Waals surface area contributed by atoms with Gasteiger partial charge in [0.05, 0.1) is 18.4 Å². The van der Waals surface area contributed by atoms with E-state index < -0.39 is 23.4 Å². The lowest BCUT2D eigenvalue weighted by Crippen LogP contribution is -2.25. The summed E-state index contributed by atoms with van der Waals surface area (Å²) < 4.78 is 45.1. The van der Waals surface area contributed by atoms with Crippen molar-refractivity contribution in [3.63, 3.8) is 0 Å². The van der Waals surface area contributed by atoms with Gasteiger partial charge in [0.25, 0.3) is 5.91 Å². The van der Waals surface area contributed by atoms with Gasteiger partial charge in [-0.25, -0.2) is 0 Å². The first-order valence-corrected chi connectivity index (χ1v) is 7.31. The predicted molar refractivity (Wildman–Crippen MR) is 88.4 cm³/mol. The molecule has 0 saturated heterocycles. The van der Waals surface area contributed by atoms with Crippen LogP contribution in [-0.4, -0.2) is 24.9 Å². The van der Waals surface area contributed by atoms with E-state index in [1.165, 1.54) is 25.3 Å². The van der Waals surface area contributed by atoms with Crippen molar-refractivity contribution in [2.24, 2.45) is 5.10 Å². The van der Waals surface area contributed by atoms with Crippen LogP contribution >= 0.6 is 0 Å². The van der Waals surface area contributed by atoms with E-state index >= 15 is 0 Å². The normalized spacial score (nSPS) is 16.3. The monoisotopic (exact) mass is 346 g/mol. The number of rotatable bonds is 3. The average Bonchev–Trinajstić information content (AvgIpc) is 2.93. The Kier molecular flexibility index (Phi) is 4.31. The Morgan fingerprint density at radius 3 is 2.44 bits per heavy atom. The van der Waals surface area contributed by atoms with Gasteiger partial charge in [-0.05, 0) is 35.9 Å². The first-order valence-electron chi connectivity index (χ1n) is 7.31. The lowest BCUT2D eigenvalue weighted by atomic mass is 10.1. The summed E-state index contributed by atoms with van der Waals surface area (Å²) in [5, 5.41) is 4.27. The average molecular weight is 346 g/mol. The molecule has 0 aliphatic carbocycles. The fourth-order valence-electron chi connectivity index (χ4n) is 2.40. The van der Waals surface area contributed by atoms with Gasteiger partial charge in [0.2, 0.25) is 0 Å². The topological polar surface area (TPSA) is 41.9 Å². The summed E-state index contributed by atoms with van der Waals surface area (Å²) in [6, 6.07) is 14.4. The number of alkyl halides is 3. The van der Waals surface area contributed by atoms with Gasteiger partial charge in [0, 0.05) is 0 Å². The van der Waals surface area contributed by atoms with Crippen LogP contribution in [0.3, 0.4) is 0 Å². The first-order chi connectivity index (χ1) is 11.9. The number of carbonyl (C=O) groups is 1. The van der Waals surface area contributed by atoms with Gasteiger partial charge in [-0.15, -0.1) is 0 Å². The minimum atomic E-state index is -4.75. The maximum absolute atomic E-state index is 13.3. The number of amides is 1. The summed E-state index contributed by atoms with van der Waals surface area (Å²) in [7, 11) is 1.45. The number of carbonyl (C=O) groups excluding carboxylic acids is 1. The smallest absolute Gasteiger partial charge is 0.435 e. The van der Waals surface area contributed by atoms with Gasteiger partial charge < -0.3 is 4.74 Å². The molecule has 0 N–H and O–H groups in total. The second-order valence-electron chi connectivity index (χ2n) is 5.23. The standard InChI is InChI=1S/C18H13F3N2O2/c1-25-14-9-5-6-12(10-14)11-15-16(18(19,20)21)22-23(17(15)24)13-7-3-2-4-8-13/h2-11H,1H3/b15-11-. The predicted octanol–water partition coefficient (Wildman–Crippen LogP) is 4.04. The third kappa shape index (κ3) is 3.40. The van der Waals surface area contributed by atoms with Gasteiger partial charge >= 0.3 is 6.18 Å². The molecule has 3 rings (SSSR count). The Morgan fingerprint density at radius 1 is 1.08 bits per heavy atom. The van der Waals surface area contributed by atoms with Crippen molar-refractivity contribution in [3.05, 3.63) is 65.7 Å². The molecule has 2 aromatic rings. The van der Waals surface area contributed by atoms with Crippen LogP contribution in [0, 0.1) is 0 Å². The number of benzene rings is 2. The second kappa shape index (κ2) is 6.43. The molecule has 25 heavy (non-hydrogen) atoms. The molecule has 1 aliphatic heterocycles. The van der Waals surface area contributed by atoms with Gasteiger partial charge in [-0.1, -0.05) is 30.3 Å². The van der Waals surface area contributed by atoms with Gasteiger partial charge in [0.15, 0.2) is 5.71 Å². The molecule has 4 nitrogen and oxygen atoms in total. The fourth-order valence-corrected chi connectivity index (χ4v) is 2.40. The summed E-state index contributed by atoms with van der Waals surface area (Å²) in [5.74, 6) is -0.355. The summed E-state index contributed by atoms with van der Waals surface area (Å²) in [6.45, 7) is 0. The molecular weight excluding hydrogens is 333 g/mol. The number of nitrogens with zero attached hydrogens (tertiary/aromatic N) is 2. The van der Waals surface area contributed by atoms with Crippen molar-refractivity contribution in [2.75, 3.05) is 12.1 Å². The van der Waals surface area contributed by atoms with Crippen molar-refractivity contribution in [2.45, 2.75) is 6.18 Å². The van der Waals surface area contributed by atoms with E-state index in [1.54, 1.807) is 42.5 Å². The summed E-state index contributed by atoms with van der Waals surface area (Å²) in [5.41, 5.74) is -1.05. The van der Waals surface area contributed by atoms with Crippen LogP contribution in [0.2, 0.25) is 0 Å². The SMILES string of the molecule is COc1cccc(/C=C2\C(=O)N(c3ccccc3)N=C2C(F)(F)F)c1. The fraction of sp³-hybridized carbons (Fsp3) is 0.111. The number of para-hydroxylation sites is 1. The van der Waals surface area contributed by atoms with E-state index in [4.69, 9.17) is 4.74 Å². The van der Waals surface area contributed by atoms with Gasteiger partial charge in [0.1, 0.15) is 5.75 Å². The van der Waals surface area contributed by atoms with Crippen LogP contribution in [0.5, 0.6) is 5.75 Å². The lowest BCUT2D eigenvalue weighted by Gasteiger charge is -2.10. The maximum Gasteiger partial charge on any atom is 0.435 e. The number of halogens is 3. The summed E-state index contributed by atoms with van der Waals surface area (Å²) in [6.07, 6.45) is -3.58. The van der Waals surface area contributed by atoms with E-state index in [2.05, 4.69) is 5.10 Å². The van der Waals surface area contributed by atoms with E-state index in [9.17, 15) is 18.0 Å². The molecule has 128 valence electrons. The molecule has 0 fully saturated rings. The third-order valence-electron chi connectivity index (χ3n) is 3.55. The Balaban J connectivity index is 2.07. The summed E-state index contributed by atoms with van der Waals surface area (Å²) in [4.78, 5) is 12.5. The highest BCUT2D eigenvalue weighted by atomic mass is 19.4. The molecule has 0 spiro atoms. The lowest BCUT2D eigenvalue weighted by molar-refractivity contribution is -0.114. The molecular formula is C18H13F3N2O2. The second-order valence-corrected chi connectivity index (χ2v) is 5.23. The minimum absolute atomic E-state index is 0.267. The van der Waals surface area contributed by atoms with E-state index in [0.29, 0.717) is 11.3 Å². The molecule has 0 saturated carbocycles. The highest BCUT2D eigenvalue weighted by molar-refractivity contribution is 6.34. The first kappa shape index (κ1) is 16.8. The summed E-state index contributed by atoms with van der Waals surface area (Å²) >= 11 is 0. The van der Waals surface area contributed by atoms with Crippen molar-refractivity contribution < 1.29 is 22.7 Å². The molecule has 7 heteroatoms. The molecule has 1 aliphatic rings. The maximum atomic E-state index is 13.3.